The molecule has 0 aliphatic rings. The number of rotatable bonds is 56. The summed E-state index contributed by atoms with van der Waals surface area (Å²) in [5, 5.41) is 15.3. The van der Waals surface area contributed by atoms with Crippen molar-refractivity contribution in [3.63, 3.8) is 0 Å². The number of anilines is 1. The van der Waals surface area contributed by atoms with E-state index < -0.39 is 71.3 Å². The minimum atomic E-state index is -3.95. The summed E-state index contributed by atoms with van der Waals surface area (Å²) in [7, 11) is -11.0. The van der Waals surface area contributed by atoms with Crippen molar-refractivity contribution in [2.75, 3.05) is 58.2 Å². The van der Waals surface area contributed by atoms with Crippen molar-refractivity contribution in [3.8, 4) is 41.3 Å². The molecule has 0 saturated heterocycles. The Labute approximate surface area is 826 Å². The van der Waals surface area contributed by atoms with Crippen molar-refractivity contribution >= 4 is 76.1 Å². The standard InChI is InChI=1S/C38H35N6O12P.C35H49O6P.C34H47O7P/c1-4-52-57(51,53-5-2)54-22-24-10-16-28(17-11-24)55-38(50)29-8-6-7-9-31(29)56-32(45)19-18-30(37(48)49)44-35(46)25-12-14-26(15-13-25)39-20-27-21-40-34-33(43-27)36(47)42-23(3)41-34;1-7-38-42(37,39-8-2)40-27-26-31-22-24-33(25-23-31)41-35(36)34-21-10-9-19-32(34)20-13-18-30(6)17-12-16-29(5)15-11-14-28(3)4;1-7-38-42(36,39-8-2)40-26-24-30-19-21-31(22-20-30)41-34(35)32-17-9-10-18-33(32)37-25-23-29(6)16-12-15-28(5)14-11-13-27(3)4/h1,6-17,21,30,39H,5,18-20,22H2,2-3H3,(H,44,46)(H,48,49)(H,40,41,42,47);9-10,14,16,18-19,21-25H,7-8,11-13,15,17,20,26-27H2,1-6H3;9-10,13,15,17-23H,7-8,11-12,14,16,24-26H2,1-6H3/b;29-16+,30-18+;28-15+,29-23+. The Bertz CT molecular complexity index is 5800. The summed E-state index contributed by atoms with van der Waals surface area (Å²) in [6, 6.07) is 45.5. The molecule has 0 saturated carbocycles. The zero-order chi connectivity index (χ0) is 103. The maximum Gasteiger partial charge on any atom is 0.538 e. The maximum absolute atomic E-state index is 13.0. The molecule has 2 unspecified atom stereocenters. The molecular weight excluding hydrogens is 1860 g/mol. The summed E-state index contributed by atoms with van der Waals surface area (Å²) < 4.78 is 111. The second-order valence-corrected chi connectivity index (χ2v) is 37.5. The number of esters is 4. The lowest BCUT2D eigenvalue weighted by Crippen LogP contribution is -2.41. The number of nitrogens with one attached hydrogen (secondary N) is 3. The van der Waals surface area contributed by atoms with Gasteiger partial charge in [0.2, 0.25) is 0 Å². The van der Waals surface area contributed by atoms with Crippen molar-refractivity contribution in [1.29, 1.82) is 0 Å². The molecule has 0 fully saturated rings. The first-order valence-electron chi connectivity index (χ1n) is 46.8. The second kappa shape index (κ2) is 61.8. The van der Waals surface area contributed by atoms with E-state index in [2.05, 4.69) is 127 Å². The Morgan fingerprint density at radius 1 is 0.475 bits per heavy atom. The van der Waals surface area contributed by atoms with Gasteiger partial charge < -0.3 is 48.9 Å². The van der Waals surface area contributed by atoms with Gasteiger partial charge in [0, 0.05) is 17.7 Å². The third kappa shape index (κ3) is 43.1. The van der Waals surface area contributed by atoms with Crippen LogP contribution in [0.2, 0.25) is 0 Å². The highest BCUT2D eigenvalue weighted by Crippen LogP contribution is 2.51. The van der Waals surface area contributed by atoms with E-state index in [0.29, 0.717) is 70.6 Å². The van der Waals surface area contributed by atoms with Crippen LogP contribution in [0.25, 0.3) is 11.2 Å². The molecule has 31 nitrogen and oxygen atoms in total. The van der Waals surface area contributed by atoms with Crippen molar-refractivity contribution < 1.29 is 112 Å². The van der Waals surface area contributed by atoms with Gasteiger partial charge in [-0.25, -0.2) is 47.8 Å². The molecule has 2 atom stereocenters. The lowest BCUT2D eigenvalue weighted by Gasteiger charge is -2.16. The highest BCUT2D eigenvalue weighted by atomic mass is 31.2. The molecule has 141 heavy (non-hydrogen) atoms. The van der Waals surface area contributed by atoms with Gasteiger partial charge in [-0.15, -0.1) is 0 Å². The number of hydrogen-bond donors (Lipinski definition) is 4. The zero-order valence-corrected chi connectivity index (χ0v) is 85.4. The van der Waals surface area contributed by atoms with Crippen LogP contribution in [0.1, 0.15) is 236 Å². The molecule has 754 valence electrons. The van der Waals surface area contributed by atoms with Gasteiger partial charge in [-0.2, -0.15) is 0 Å². The van der Waals surface area contributed by atoms with Crippen LogP contribution in [0.4, 0.5) is 5.69 Å². The number of H-pyrrole nitrogens is 1. The molecule has 9 aromatic rings. The van der Waals surface area contributed by atoms with E-state index in [-0.39, 0.29) is 106 Å². The Hall–Kier alpha value is -12.7. The largest absolute Gasteiger partial charge is 0.538 e. The average molecular weight is 1990 g/mol. The first-order chi connectivity index (χ1) is 67.7. The van der Waals surface area contributed by atoms with Crippen LogP contribution in [0.3, 0.4) is 0 Å². The zero-order valence-electron chi connectivity index (χ0n) is 82.8. The van der Waals surface area contributed by atoms with Gasteiger partial charge in [-0.05, 0) is 300 Å². The van der Waals surface area contributed by atoms with E-state index in [1.165, 1.54) is 88.2 Å². The van der Waals surface area contributed by atoms with E-state index in [1.807, 2.05) is 54.6 Å². The molecule has 2 heterocycles. The van der Waals surface area contributed by atoms with Gasteiger partial charge in [0.15, 0.2) is 11.2 Å². The van der Waals surface area contributed by atoms with Gasteiger partial charge in [0.1, 0.15) is 64.5 Å². The summed E-state index contributed by atoms with van der Waals surface area (Å²) in [6.07, 6.45) is 32.3. The number of aliphatic carboxylic acids is 1. The second-order valence-electron chi connectivity index (χ2n) is 32.6. The van der Waals surface area contributed by atoms with Gasteiger partial charge in [0.05, 0.1) is 76.9 Å². The van der Waals surface area contributed by atoms with Gasteiger partial charge in [0.25, 0.3) is 11.5 Å². The predicted molar refractivity (Wildman–Crippen MR) is 543 cm³/mol. The monoisotopic (exact) mass is 1990 g/mol. The third-order valence-corrected chi connectivity index (χ3v) is 25.3. The number of phosphoric acid groups is 3. The van der Waals surface area contributed by atoms with Crippen LogP contribution < -0.4 is 39.9 Å². The highest BCUT2D eigenvalue weighted by Gasteiger charge is 2.30. The van der Waals surface area contributed by atoms with Crippen molar-refractivity contribution in [2.45, 2.75) is 206 Å². The molecular formula is C107H131N6O25P3. The number of terminal acetylenes is 1. The number of hydrogen-bond acceptors (Lipinski definition) is 28. The molecule has 0 radical (unpaired) electrons. The predicted octanol–water partition coefficient (Wildman–Crippen LogP) is 24.1. The number of carbonyl (C=O) groups excluding carboxylic acids is 5. The van der Waals surface area contributed by atoms with Crippen molar-refractivity contribution in [3.05, 3.63) is 312 Å². The summed E-state index contributed by atoms with van der Waals surface area (Å²) >= 11 is 0. The number of para-hydroxylation sites is 2. The first kappa shape index (κ1) is 115. The molecule has 34 heteroatoms. The Balaban J connectivity index is 0.000000293. The number of aryl methyl sites for hydroxylation is 2. The fourth-order valence-corrected chi connectivity index (χ4v) is 16.6. The van der Waals surface area contributed by atoms with Crippen LogP contribution >= 0.6 is 23.5 Å². The average Bonchev–Trinajstić information content (AvgIpc) is 0.808. The molecule has 0 aliphatic heterocycles. The molecule has 0 bridgehead atoms. The van der Waals surface area contributed by atoms with Gasteiger partial charge in [-0.3, -0.25) is 50.6 Å². The Morgan fingerprint density at radius 3 is 1.40 bits per heavy atom. The normalized spacial score (nSPS) is 12.3. The van der Waals surface area contributed by atoms with E-state index in [0.717, 1.165) is 80.9 Å². The van der Waals surface area contributed by atoms with Crippen LogP contribution in [-0.4, -0.2) is 120 Å². The number of fused-ring (bicyclic) bond motifs is 1. The molecule has 0 aliphatic carbocycles. The minimum Gasteiger partial charge on any atom is -0.489 e. The molecule has 0 spiro atoms. The number of nitrogens with zero attached hydrogens (tertiary/aromatic N) is 3. The van der Waals surface area contributed by atoms with Crippen LogP contribution in [-0.2, 0) is 96.4 Å². The number of carbonyl (C=O) groups is 6. The Morgan fingerprint density at radius 2 is 0.915 bits per heavy atom. The SMILES string of the molecule is C#COP(=O)(OCC)OCc1ccc(OC(=O)c2ccccc2OC(=O)CCC(NC(=O)c2ccc(NCc3cnc4nc(C)[nH]c(=O)c4n3)cc2)C(=O)O)cc1.CCOP(=O)(OCC)OCCc1ccc(OC(=O)c2ccccc2CC/C=C(\C)CC/C=C(\C)CCC=C(C)C)cc1.CCOP(=O)(OCC)OCCc1ccc(OC(=O)c2ccccc2OC/C=C(\C)CC/C=C(\C)CCC=C(C)C)cc1. The smallest absolute Gasteiger partial charge is 0.489 e. The molecule has 1 amide bonds. The fraction of sp³-hybridized carbons (Fsp3) is 0.364. The van der Waals surface area contributed by atoms with Gasteiger partial charge >= 0.3 is 53.3 Å². The minimum absolute atomic E-state index is 0.0409. The van der Waals surface area contributed by atoms with Gasteiger partial charge in [-0.1, -0.05) is 149 Å². The molecule has 4 N–H and O–H groups in total. The lowest BCUT2D eigenvalue weighted by atomic mass is 10.0. The third-order valence-electron chi connectivity index (χ3n) is 20.6. The summed E-state index contributed by atoms with van der Waals surface area (Å²) in [6.45, 7) is 29.1. The maximum atomic E-state index is 13.0. The van der Waals surface area contributed by atoms with Crippen LogP contribution in [0.5, 0.6) is 28.7 Å². The van der Waals surface area contributed by atoms with Crippen LogP contribution in [0, 0.1) is 19.5 Å². The number of aromatic amines is 1. The molecule has 9 rings (SSSR count). The summed E-state index contributed by atoms with van der Waals surface area (Å²) in [5.41, 5.74) is 13.6. The number of ether oxygens (including phenoxy) is 5. The van der Waals surface area contributed by atoms with E-state index >= 15 is 0 Å². The van der Waals surface area contributed by atoms with Crippen molar-refractivity contribution in [2.24, 2.45) is 0 Å². The number of allylic oxidation sites excluding steroid dienone is 11. The number of amides is 1. The quantitative estimate of drug-likeness (QED) is 0.00904. The number of carboxylic acids is 1. The topological polar surface area (TPSA) is 399 Å². The number of benzene rings is 7. The molecule has 2 aromatic heterocycles. The number of aromatic nitrogens is 4. The van der Waals surface area contributed by atoms with E-state index in [9.17, 15) is 52.4 Å². The first-order valence-corrected chi connectivity index (χ1v) is 51.2. The summed E-state index contributed by atoms with van der Waals surface area (Å²) in [4.78, 5) is 104. The summed E-state index contributed by atoms with van der Waals surface area (Å²) in [5.74, 6) is -2.87. The van der Waals surface area contributed by atoms with E-state index in [1.54, 1.807) is 114 Å². The van der Waals surface area contributed by atoms with Crippen LogP contribution in [0.15, 0.2) is 251 Å². The highest BCUT2D eigenvalue weighted by molar-refractivity contribution is 7.49. The Kier molecular flexibility index (Phi) is 50.6. The number of phosphoric ester groups is 3. The number of carboxylic acid groups (broad SMARTS) is 1. The molecule has 7 aromatic carbocycles. The van der Waals surface area contributed by atoms with E-state index in [4.69, 9.17) is 66.3 Å². The van der Waals surface area contributed by atoms with Crippen molar-refractivity contribution in [1.82, 2.24) is 25.3 Å². The fourth-order valence-electron chi connectivity index (χ4n) is 13.3. The lowest BCUT2D eigenvalue weighted by molar-refractivity contribution is -0.140.